The second-order valence-corrected chi connectivity index (χ2v) is 7.21. The van der Waals surface area contributed by atoms with Gasteiger partial charge in [0, 0.05) is 19.7 Å². The summed E-state index contributed by atoms with van der Waals surface area (Å²) in [5.41, 5.74) is 8.37. The van der Waals surface area contributed by atoms with Gasteiger partial charge in [0.15, 0.2) is 5.13 Å². The molecule has 2 aromatic rings. The molecule has 94 valence electrons. The fourth-order valence-electron chi connectivity index (χ4n) is 2.56. The van der Waals surface area contributed by atoms with Gasteiger partial charge in [-0.15, -0.1) is 11.3 Å². The summed E-state index contributed by atoms with van der Waals surface area (Å²) < 4.78 is 2.31. The lowest BCUT2D eigenvalue weighted by molar-refractivity contribution is 0.614. The molecule has 1 aromatic carbocycles. The average Bonchev–Trinajstić information content (AvgIpc) is 2.70. The third kappa shape index (κ3) is 2.12. The molecule has 5 heteroatoms. The van der Waals surface area contributed by atoms with Gasteiger partial charge in [-0.3, -0.25) is 0 Å². The molecule has 18 heavy (non-hydrogen) atoms. The van der Waals surface area contributed by atoms with Gasteiger partial charge in [0.1, 0.15) is 0 Å². The van der Waals surface area contributed by atoms with E-state index in [1.54, 1.807) is 11.3 Å². The van der Waals surface area contributed by atoms with Gasteiger partial charge >= 0.3 is 0 Å². The molecule has 0 radical (unpaired) electrons. The minimum Gasteiger partial charge on any atom is -0.375 e. The Morgan fingerprint density at radius 2 is 2.00 bits per heavy atom. The summed E-state index contributed by atoms with van der Waals surface area (Å²) in [6, 6.07) is 6.24. The third-order valence-electron chi connectivity index (χ3n) is 3.32. The first-order valence-corrected chi connectivity index (χ1v) is 8.26. The number of nitrogens with two attached hydrogens (primary N) is 1. The summed E-state index contributed by atoms with van der Waals surface area (Å²) in [7, 11) is 0. The van der Waals surface area contributed by atoms with E-state index in [4.69, 9.17) is 5.73 Å². The van der Waals surface area contributed by atoms with Crippen LogP contribution in [0.4, 0.5) is 5.13 Å². The first-order chi connectivity index (χ1) is 8.66. The van der Waals surface area contributed by atoms with E-state index >= 15 is 0 Å². The number of nitrogens with zero attached hydrogens (tertiary/aromatic N) is 1. The van der Waals surface area contributed by atoms with Crippen molar-refractivity contribution in [3.05, 3.63) is 43.3 Å². The molecule has 0 saturated heterocycles. The van der Waals surface area contributed by atoms with Crippen LogP contribution in [-0.4, -0.2) is 4.98 Å². The van der Waals surface area contributed by atoms with Gasteiger partial charge in [-0.25, -0.2) is 4.98 Å². The summed E-state index contributed by atoms with van der Waals surface area (Å²) in [6.07, 6.45) is 3.39. The number of fused-ring (bicyclic) bond motifs is 1. The van der Waals surface area contributed by atoms with Gasteiger partial charge in [-0.2, -0.15) is 0 Å². The zero-order valence-corrected chi connectivity index (χ0v) is 13.6. The summed E-state index contributed by atoms with van der Waals surface area (Å²) in [4.78, 5) is 5.79. The number of hydrogen-bond donors (Lipinski definition) is 1. The topological polar surface area (TPSA) is 38.9 Å². The van der Waals surface area contributed by atoms with Gasteiger partial charge in [0.25, 0.3) is 0 Å². The fraction of sp³-hybridized carbons (Fsp3) is 0.308. The number of benzene rings is 1. The Hall–Kier alpha value is -0.390. The van der Waals surface area contributed by atoms with Gasteiger partial charge in [-0.05, 0) is 37.0 Å². The van der Waals surface area contributed by atoms with Crippen molar-refractivity contribution in [2.45, 2.75) is 25.2 Å². The predicted octanol–water partition coefficient (Wildman–Crippen LogP) is 4.72. The van der Waals surface area contributed by atoms with Crippen molar-refractivity contribution < 1.29 is 0 Å². The minimum atomic E-state index is 0.411. The second-order valence-electron chi connectivity index (χ2n) is 4.44. The monoisotopic (exact) mass is 386 g/mol. The normalized spacial score (nSPS) is 18.7. The van der Waals surface area contributed by atoms with Crippen LogP contribution in [0.1, 0.15) is 34.9 Å². The van der Waals surface area contributed by atoms with Gasteiger partial charge in [0.05, 0.1) is 5.69 Å². The Kier molecular flexibility index (Phi) is 3.47. The zero-order valence-electron chi connectivity index (χ0n) is 9.62. The van der Waals surface area contributed by atoms with Crippen molar-refractivity contribution in [1.29, 1.82) is 0 Å². The van der Waals surface area contributed by atoms with E-state index < -0.39 is 0 Å². The second kappa shape index (κ2) is 4.94. The van der Waals surface area contributed by atoms with Crippen LogP contribution in [0.3, 0.4) is 0 Å². The Morgan fingerprint density at radius 3 is 2.72 bits per heavy atom. The first-order valence-electron chi connectivity index (χ1n) is 5.86. The van der Waals surface area contributed by atoms with E-state index in [-0.39, 0.29) is 0 Å². The van der Waals surface area contributed by atoms with E-state index in [0.717, 1.165) is 21.8 Å². The smallest absolute Gasteiger partial charge is 0.180 e. The number of aryl methyl sites for hydroxylation is 1. The number of halogens is 2. The molecule has 0 saturated carbocycles. The highest BCUT2D eigenvalue weighted by Gasteiger charge is 2.28. The molecular formula is C13H12Br2N2S. The van der Waals surface area contributed by atoms with Crippen molar-refractivity contribution in [2.24, 2.45) is 0 Å². The van der Waals surface area contributed by atoms with Crippen LogP contribution in [0.5, 0.6) is 0 Å². The van der Waals surface area contributed by atoms with E-state index in [9.17, 15) is 0 Å². The molecular weight excluding hydrogens is 376 g/mol. The zero-order chi connectivity index (χ0) is 12.7. The highest BCUT2D eigenvalue weighted by atomic mass is 79.9. The van der Waals surface area contributed by atoms with Gasteiger partial charge in [-0.1, -0.05) is 37.9 Å². The molecule has 0 fully saturated rings. The summed E-state index contributed by atoms with van der Waals surface area (Å²) >= 11 is 8.96. The highest BCUT2D eigenvalue weighted by Crippen LogP contribution is 2.45. The Labute approximate surface area is 127 Å². The number of anilines is 1. The van der Waals surface area contributed by atoms with E-state index in [2.05, 4.69) is 49.0 Å². The quantitative estimate of drug-likeness (QED) is 0.768. The van der Waals surface area contributed by atoms with Crippen LogP contribution in [-0.2, 0) is 6.42 Å². The van der Waals surface area contributed by atoms with E-state index in [0.29, 0.717) is 11.0 Å². The molecule has 2 nitrogen and oxygen atoms in total. The summed E-state index contributed by atoms with van der Waals surface area (Å²) in [5, 5.41) is 0.690. The van der Waals surface area contributed by atoms with Crippen LogP contribution in [0.25, 0.3) is 0 Å². The van der Waals surface area contributed by atoms with Crippen molar-refractivity contribution in [3.8, 4) is 0 Å². The number of nitrogen functional groups attached to an aromatic ring is 1. The largest absolute Gasteiger partial charge is 0.375 e. The molecule has 2 N–H and O–H groups in total. The number of hydrogen-bond acceptors (Lipinski definition) is 3. The number of aromatic nitrogens is 1. The molecule has 0 aliphatic heterocycles. The Morgan fingerprint density at radius 1 is 1.28 bits per heavy atom. The SMILES string of the molecule is Nc1nc2c(s1)C(c1c(Br)cccc1Br)CCC2. The summed E-state index contributed by atoms with van der Waals surface area (Å²) in [5.74, 6) is 0.411. The molecule has 1 aliphatic rings. The summed E-state index contributed by atoms with van der Waals surface area (Å²) in [6.45, 7) is 0. The van der Waals surface area contributed by atoms with Crippen molar-refractivity contribution in [1.82, 2.24) is 4.98 Å². The van der Waals surface area contributed by atoms with Crippen LogP contribution in [0.15, 0.2) is 27.1 Å². The van der Waals surface area contributed by atoms with Crippen LogP contribution < -0.4 is 5.73 Å². The molecule has 0 spiro atoms. The van der Waals surface area contributed by atoms with Gasteiger partial charge in [0.2, 0.25) is 0 Å². The van der Waals surface area contributed by atoms with Crippen LogP contribution >= 0.6 is 43.2 Å². The standard InChI is InChI=1S/C13H12Br2N2S/c14-8-4-2-5-9(15)11(8)7-3-1-6-10-12(7)18-13(16)17-10/h2,4-5,7H,1,3,6H2,(H2,16,17). The number of rotatable bonds is 1. The molecule has 1 aliphatic carbocycles. The van der Waals surface area contributed by atoms with Crippen molar-refractivity contribution in [3.63, 3.8) is 0 Å². The van der Waals surface area contributed by atoms with Crippen LogP contribution in [0, 0.1) is 0 Å². The maximum Gasteiger partial charge on any atom is 0.180 e. The molecule has 0 bridgehead atoms. The Balaban J connectivity index is 2.14. The lowest BCUT2D eigenvalue weighted by Gasteiger charge is -2.23. The lowest BCUT2D eigenvalue weighted by atomic mass is 9.86. The molecule has 3 rings (SSSR count). The molecule has 1 aromatic heterocycles. The predicted molar refractivity (Wildman–Crippen MR) is 83.1 cm³/mol. The molecule has 1 heterocycles. The third-order valence-corrected chi connectivity index (χ3v) is 5.74. The number of thiazole rings is 1. The maximum absolute atomic E-state index is 5.86. The fourth-order valence-corrected chi connectivity index (χ4v) is 5.13. The highest BCUT2D eigenvalue weighted by molar-refractivity contribution is 9.11. The van der Waals surface area contributed by atoms with Crippen molar-refractivity contribution in [2.75, 3.05) is 5.73 Å². The minimum absolute atomic E-state index is 0.411. The molecule has 0 amide bonds. The maximum atomic E-state index is 5.86. The van der Waals surface area contributed by atoms with Gasteiger partial charge < -0.3 is 5.73 Å². The molecule has 1 unspecified atom stereocenters. The first kappa shape index (κ1) is 12.6. The van der Waals surface area contributed by atoms with E-state index in [1.165, 1.54) is 22.6 Å². The van der Waals surface area contributed by atoms with Crippen LogP contribution in [0.2, 0.25) is 0 Å². The lowest BCUT2D eigenvalue weighted by Crippen LogP contribution is -2.10. The average molecular weight is 388 g/mol. The Bertz CT molecular complexity index is 574. The molecule has 1 atom stereocenters. The van der Waals surface area contributed by atoms with E-state index in [1.807, 2.05) is 6.07 Å². The van der Waals surface area contributed by atoms with Crippen molar-refractivity contribution >= 4 is 48.3 Å².